The number of carbonyl (C=O) groups excluding carboxylic acids is 4. The van der Waals surface area contributed by atoms with E-state index in [4.69, 9.17) is 16.3 Å². The number of allylic oxidation sites excluding steroid dienone is 1. The number of benzene rings is 4. The Morgan fingerprint density at radius 3 is 2.43 bits per heavy atom. The SMILES string of the molecule is CC1(C)CCC(CN2CCN(c3ccc(C(=O)NS(=O)(=O)c4ccc(NC[C@H]5CC[C@H](N6CCN(CCCC#Cc7cccc8c7CN(C7CCC(=O)NC7=O)C8=O)CC6)CC5)c([N+](=O)[O-])c4)c(Oc4cnc5[nH]ccc5c4)c3)CC2)=C(c2ccc(Cl)cc2)C1. The highest BCUT2D eigenvalue weighted by Crippen LogP contribution is 2.44. The molecule has 22 heteroatoms. The van der Waals surface area contributed by atoms with E-state index in [1.807, 2.05) is 30.3 Å². The molecule has 4 N–H and O–H groups in total. The lowest BCUT2D eigenvalue weighted by molar-refractivity contribution is -0.384. The van der Waals surface area contributed by atoms with Gasteiger partial charge in [-0.2, -0.15) is 0 Å². The van der Waals surface area contributed by atoms with Crippen molar-refractivity contribution in [3.05, 3.63) is 152 Å². The van der Waals surface area contributed by atoms with Crippen LogP contribution in [-0.2, 0) is 26.2 Å². The van der Waals surface area contributed by atoms with Gasteiger partial charge in [0.2, 0.25) is 11.8 Å². The topological polar surface area (TPSA) is 236 Å². The fourth-order valence-electron chi connectivity index (χ4n) is 13.8. The number of nitro groups is 1. The summed E-state index contributed by atoms with van der Waals surface area (Å²) in [6, 6.07) is 25.9. The van der Waals surface area contributed by atoms with Crippen molar-refractivity contribution in [2.45, 2.75) is 108 Å². The molecule has 0 spiro atoms. The number of hydrogen-bond acceptors (Lipinski definition) is 15. The minimum atomic E-state index is -4.62. The standard InChI is InChI=1S/C68H76ClN11O9S/c1-68(2)26-24-49(57(40-68)47-12-14-50(69)15-13-47)43-76-31-35-78(36-32-76)52-18-20-56(62(38-52)89-53-37-48-25-27-70-64(48)72-42-53)65(82)74-90(87,88)54-19-21-59(61(39-54)80(85)86)71-41-45-10-16-51(17-11-45)77-33-29-75(30-34-77)28-5-3-4-7-46-8-6-9-55-58(46)44-79(67(55)84)60-22-23-63(81)73-66(60)83/h6,8-9,12-15,18-21,25,27,37-39,42,45,51,60,71H,3,5,10-11,16-17,22-24,26,28-36,40-41,43-44H2,1-2H3,(H,70,72)(H,74,82)(H,73,81,83)/t45-,51-,60?. The molecule has 0 bridgehead atoms. The van der Waals surface area contributed by atoms with Crippen LogP contribution in [0.2, 0.25) is 5.02 Å². The Kier molecular flexibility index (Phi) is 18.5. The summed E-state index contributed by atoms with van der Waals surface area (Å²) in [5.41, 5.74) is 7.67. The van der Waals surface area contributed by atoms with Crippen LogP contribution < -0.4 is 25.0 Å². The lowest BCUT2D eigenvalue weighted by atomic mass is 9.72. The van der Waals surface area contributed by atoms with Gasteiger partial charge in [0.1, 0.15) is 28.9 Å². The zero-order chi connectivity index (χ0) is 62.7. The lowest BCUT2D eigenvalue weighted by Gasteiger charge is -2.42. The largest absolute Gasteiger partial charge is 0.455 e. The molecule has 12 rings (SSSR count). The van der Waals surface area contributed by atoms with Gasteiger partial charge in [-0.25, -0.2) is 18.1 Å². The molecule has 6 aliphatic rings. The van der Waals surface area contributed by atoms with E-state index in [1.54, 1.807) is 41.4 Å². The van der Waals surface area contributed by atoms with Gasteiger partial charge in [0.15, 0.2) is 0 Å². The number of anilines is 2. The molecule has 4 fully saturated rings. The number of H-pyrrole nitrogens is 1. The predicted octanol–water partition coefficient (Wildman–Crippen LogP) is 10.0. The third-order valence-corrected chi connectivity index (χ3v) is 20.5. The monoisotopic (exact) mass is 1260 g/mol. The number of piperidine rings is 1. The third-order valence-electron chi connectivity index (χ3n) is 18.9. The first-order valence-electron chi connectivity index (χ1n) is 31.4. The Morgan fingerprint density at radius 1 is 0.889 bits per heavy atom. The maximum atomic E-state index is 14.2. The van der Waals surface area contributed by atoms with E-state index in [1.165, 1.54) is 35.0 Å². The summed E-state index contributed by atoms with van der Waals surface area (Å²) in [5, 5.41) is 19.7. The molecule has 2 aromatic heterocycles. The van der Waals surface area contributed by atoms with Crippen molar-refractivity contribution < 1.29 is 37.3 Å². The fourth-order valence-corrected chi connectivity index (χ4v) is 14.9. The lowest BCUT2D eigenvalue weighted by Crippen LogP contribution is -2.52. The van der Waals surface area contributed by atoms with E-state index >= 15 is 0 Å². The summed E-state index contributed by atoms with van der Waals surface area (Å²) >= 11 is 6.28. The summed E-state index contributed by atoms with van der Waals surface area (Å²) in [5.74, 6) is 5.42. The number of aromatic nitrogens is 2. The summed E-state index contributed by atoms with van der Waals surface area (Å²) in [6.07, 6.45) is 12.5. The van der Waals surface area contributed by atoms with Crippen molar-refractivity contribution >= 4 is 78.9 Å². The van der Waals surface area contributed by atoms with Crippen LogP contribution >= 0.6 is 11.6 Å². The van der Waals surface area contributed by atoms with Crippen molar-refractivity contribution in [2.24, 2.45) is 11.3 Å². The van der Waals surface area contributed by atoms with E-state index in [2.05, 4.69) is 82.7 Å². The van der Waals surface area contributed by atoms with Crippen LogP contribution in [0.3, 0.4) is 0 Å². The number of rotatable bonds is 18. The molecule has 0 radical (unpaired) electrons. The van der Waals surface area contributed by atoms with E-state index in [0.29, 0.717) is 62.0 Å². The van der Waals surface area contributed by atoms with Gasteiger partial charge in [-0.05, 0) is 153 Å². The first kappa shape index (κ1) is 62.1. The van der Waals surface area contributed by atoms with Crippen LogP contribution in [0.4, 0.5) is 17.1 Å². The van der Waals surface area contributed by atoms with E-state index in [9.17, 15) is 37.7 Å². The molecular weight excluding hydrogens is 1180 g/mol. The Labute approximate surface area is 529 Å². The Balaban J connectivity index is 0.621. The second kappa shape index (κ2) is 26.8. The van der Waals surface area contributed by atoms with Gasteiger partial charge in [-0.15, -0.1) is 0 Å². The third kappa shape index (κ3) is 14.2. The van der Waals surface area contributed by atoms with Crippen molar-refractivity contribution in [3.8, 4) is 23.3 Å². The maximum Gasteiger partial charge on any atom is 0.293 e. The average Bonchev–Trinajstić information content (AvgIpc) is 1.60. The molecule has 3 saturated heterocycles. The first-order chi connectivity index (χ1) is 43.4. The molecular formula is C68H76ClN11O9S. The van der Waals surface area contributed by atoms with Crippen LogP contribution in [0.5, 0.6) is 11.5 Å². The van der Waals surface area contributed by atoms with Crippen LogP contribution in [-0.4, -0.2) is 151 Å². The fraction of sp³-hybridized carbons (Fsp3) is 0.426. The maximum absolute atomic E-state index is 14.2. The first-order valence-corrected chi connectivity index (χ1v) is 33.3. The molecule has 1 saturated carbocycles. The number of carbonyl (C=O) groups is 4. The van der Waals surface area contributed by atoms with Crippen molar-refractivity contribution in [1.82, 2.24) is 39.6 Å². The minimum absolute atomic E-state index is 0.0467. The Morgan fingerprint density at radius 2 is 1.67 bits per heavy atom. The molecule has 20 nitrogen and oxygen atoms in total. The minimum Gasteiger partial charge on any atom is -0.455 e. The average molecular weight is 1260 g/mol. The number of pyridine rings is 1. The number of halogens is 1. The number of nitrogens with one attached hydrogen (secondary N) is 4. The smallest absolute Gasteiger partial charge is 0.293 e. The molecule has 2 aliphatic carbocycles. The highest BCUT2D eigenvalue weighted by molar-refractivity contribution is 7.90. The number of fused-ring (bicyclic) bond motifs is 2. The molecule has 6 aromatic rings. The van der Waals surface area contributed by atoms with Gasteiger partial charge < -0.3 is 29.7 Å². The van der Waals surface area contributed by atoms with Gasteiger partial charge in [0.05, 0.1) is 21.6 Å². The number of hydrogen-bond donors (Lipinski definition) is 4. The second-order valence-electron chi connectivity index (χ2n) is 25.5. The van der Waals surface area contributed by atoms with Gasteiger partial charge in [0, 0.05) is 136 Å². The van der Waals surface area contributed by atoms with E-state index in [-0.39, 0.29) is 46.6 Å². The number of unbranched alkanes of at least 4 members (excludes halogenated alkanes) is 1. The number of amides is 4. The van der Waals surface area contributed by atoms with Crippen molar-refractivity contribution in [1.29, 1.82) is 0 Å². The summed E-state index contributed by atoms with van der Waals surface area (Å²) < 4.78 is 36.6. The van der Waals surface area contributed by atoms with E-state index in [0.717, 1.165) is 137 Å². The molecule has 90 heavy (non-hydrogen) atoms. The highest BCUT2D eigenvalue weighted by Gasteiger charge is 2.40. The number of aromatic amines is 1. The molecule has 470 valence electrons. The number of ether oxygens (including phenoxy) is 1. The summed E-state index contributed by atoms with van der Waals surface area (Å²) in [6.45, 7) is 14.2. The molecule has 4 aliphatic heterocycles. The Bertz CT molecular complexity index is 3950. The zero-order valence-electron chi connectivity index (χ0n) is 50.9. The molecule has 4 amide bonds. The molecule has 1 atom stereocenters. The van der Waals surface area contributed by atoms with Gasteiger partial charge in [0.25, 0.3) is 27.5 Å². The van der Waals surface area contributed by atoms with Gasteiger partial charge >= 0.3 is 0 Å². The Hall–Kier alpha value is -8.13. The number of sulfonamides is 1. The van der Waals surface area contributed by atoms with E-state index < -0.39 is 43.4 Å². The molecule has 1 unspecified atom stereocenters. The predicted molar refractivity (Wildman–Crippen MR) is 346 cm³/mol. The number of nitro benzene ring substituents is 1. The normalized spacial score (nSPS) is 21.0. The van der Waals surface area contributed by atoms with Gasteiger partial charge in [-0.3, -0.25) is 44.4 Å². The van der Waals surface area contributed by atoms with Gasteiger partial charge in [-0.1, -0.05) is 61.1 Å². The van der Waals surface area contributed by atoms with Crippen LogP contribution in [0.15, 0.2) is 114 Å². The second-order valence-corrected chi connectivity index (χ2v) is 27.6. The van der Waals surface area contributed by atoms with Crippen molar-refractivity contribution in [3.63, 3.8) is 0 Å². The van der Waals surface area contributed by atoms with Crippen molar-refractivity contribution in [2.75, 3.05) is 82.2 Å². The highest BCUT2D eigenvalue weighted by atomic mass is 35.5. The van der Waals surface area contributed by atoms with Crippen LogP contribution in [0.1, 0.15) is 122 Å². The summed E-state index contributed by atoms with van der Waals surface area (Å²) in [7, 11) is -4.62. The number of imide groups is 1. The number of nitrogens with zero attached hydrogens (tertiary/aromatic N) is 7. The quantitative estimate of drug-likeness (QED) is 0.0206. The van der Waals surface area contributed by atoms with Crippen LogP contribution in [0, 0.1) is 33.3 Å². The van der Waals surface area contributed by atoms with Crippen LogP contribution in [0.25, 0.3) is 16.6 Å². The molecule has 6 heterocycles. The zero-order valence-corrected chi connectivity index (χ0v) is 52.5. The summed E-state index contributed by atoms with van der Waals surface area (Å²) in [4.78, 5) is 82.0. The molecule has 4 aromatic carbocycles. The number of piperazine rings is 2.